The molecule has 0 saturated heterocycles. The third kappa shape index (κ3) is 22.2. The molecule has 0 saturated carbocycles. The molecule has 0 aliphatic rings. The van der Waals surface area contributed by atoms with E-state index in [1.54, 1.807) is 0 Å². The minimum atomic E-state index is -0.0803. The van der Waals surface area contributed by atoms with Crippen LogP contribution in [0.25, 0.3) is 0 Å². The van der Waals surface area contributed by atoms with Crippen molar-refractivity contribution in [1.29, 1.82) is 0 Å². The van der Waals surface area contributed by atoms with Crippen LogP contribution in [0.1, 0.15) is 172 Å². The van der Waals surface area contributed by atoms with Crippen molar-refractivity contribution in [2.75, 3.05) is 0 Å². The van der Waals surface area contributed by atoms with Crippen LogP contribution in [-0.4, -0.2) is 30.4 Å². The first kappa shape index (κ1) is 51.2. The van der Waals surface area contributed by atoms with E-state index in [9.17, 15) is 10.2 Å². The Morgan fingerprint density at radius 3 is 0.680 bits per heavy atom. The summed E-state index contributed by atoms with van der Waals surface area (Å²) in [4.78, 5) is 0. The summed E-state index contributed by atoms with van der Waals surface area (Å²) in [6.07, 6.45) is 0. The molecule has 0 radical (unpaired) electrons. The van der Waals surface area contributed by atoms with Gasteiger partial charge in [0.2, 0.25) is 0 Å². The van der Waals surface area contributed by atoms with E-state index in [4.69, 9.17) is 0 Å². The average Bonchev–Trinajstić information content (AvgIpc) is 2.88. The van der Waals surface area contributed by atoms with Crippen molar-refractivity contribution in [2.45, 2.75) is 195 Å². The molecule has 4 heteroatoms. The van der Waals surface area contributed by atoms with Crippen LogP contribution in [0.15, 0.2) is 24.3 Å². The van der Waals surface area contributed by atoms with E-state index >= 15 is 0 Å². The van der Waals surface area contributed by atoms with Crippen LogP contribution >= 0.6 is 0 Å². The Labute approximate surface area is 326 Å². The molecule has 2 aromatic rings. The van der Waals surface area contributed by atoms with E-state index in [1.165, 1.54) is 32.3 Å². The van der Waals surface area contributed by atoms with Crippen LogP contribution in [0.5, 0.6) is 11.5 Å². The molecule has 0 heterocycles. The van der Waals surface area contributed by atoms with Gasteiger partial charge in [0.15, 0.2) is 0 Å². The third-order valence-electron chi connectivity index (χ3n) is 8.25. The van der Waals surface area contributed by atoms with Crippen LogP contribution in [-0.2, 0) is 21.7 Å². The Bertz CT molecular complexity index is 1040. The minimum absolute atomic E-state index is 0.0803. The SMILES string of the molecule is CC(C)[CH2][Al+][CH2]C(C)C.CC(C)[CH2][Al+][CH2]C(C)C.Cc1cc(C(C)(C)C)c([O-])c(C(C)(C)C)c1.Cc1cc(C(C)(C)C)c([O-])c(C(C)(C)C)c1. The summed E-state index contributed by atoms with van der Waals surface area (Å²) in [5, 5.41) is 30.8. The molecule has 0 aromatic heterocycles. The van der Waals surface area contributed by atoms with Gasteiger partial charge in [-0.1, -0.05) is 118 Å². The van der Waals surface area contributed by atoms with Crippen LogP contribution in [0.2, 0.25) is 21.1 Å². The maximum Gasteiger partial charge on any atom is -0.0138 e. The van der Waals surface area contributed by atoms with Crippen molar-refractivity contribution >= 4 is 30.4 Å². The van der Waals surface area contributed by atoms with Crippen molar-refractivity contribution < 1.29 is 10.2 Å². The molecule has 2 nitrogen and oxygen atoms in total. The molecule has 2 rings (SSSR count). The molecule has 0 amide bonds. The quantitative estimate of drug-likeness (QED) is 0.255. The molecular formula is C46H82Al2O2. The molecule has 0 N–H and O–H groups in total. The number of rotatable bonds is 8. The smallest absolute Gasteiger partial charge is 0.0138 e. The number of hydrogen-bond donors (Lipinski definition) is 0. The number of aryl methyl sites for hydroxylation is 2. The number of benzene rings is 2. The zero-order chi connectivity index (χ0) is 40.0. The molecule has 0 fully saturated rings. The largest absolute Gasteiger partial charge is 0.872 e. The molecule has 0 unspecified atom stereocenters. The first-order chi connectivity index (χ1) is 22.3. The molecule has 0 spiro atoms. The average molecular weight is 721 g/mol. The Morgan fingerprint density at radius 1 is 0.400 bits per heavy atom. The van der Waals surface area contributed by atoms with Gasteiger partial charge in [0.05, 0.1) is 0 Å². The van der Waals surface area contributed by atoms with E-state index in [1.807, 2.05) is 24.3 Å². The fourth-order valence-electron chi connectivity index (χ4n) is 5.30. The maximum atomic E-state index is 12.4. The molecule has 0 aliphatic carbocycles. The van der Waals surface area contributed by atoms with Crippen LogP contribution in [0.3, 0.4) is 0 Å². The fraction of sp³-hybridized carbons (Fsp3) is 0.739. The van der Waals surface area contributed by atoms with Crippen LogP contribution in [0.4, 0.5) is 0 Å². The van der Waals surface area contributed by atoms with Gasteiger partial charge in [0.25, 0.3) is 0 Å². The van der Waals surface area contributed by atoms with Gasteiger partial charge in [-0.05, 0) is 57.8 Å². The summed E-state index contributed by atoms with van der Waals surface area (Å²) in [7, 11) is 0. The minimum Gasteiger partial charge on any atom is -0.872 e. The predicted octanol–water partition coefficient (Wildman–Crippen LogP) is 13.0. The van der Waals surface area contributed by atoms with Crippen molar-refractivity contribution in [3.8, 4) is 11.5 Å². The Kier molecular flexibility index (Phi) is 22.9. The predicted molar refractivity (Wildman–Crippen MR) is 226 cm³/mol. The Hall–Kier alpha value is -0.895. The second-order valence-electron chi connectivity index (χ2n) is 20.5. The summed E-state index contributed by atoms with van der Waals surface area (Å²) in [6.45, 7) is 47.7. The molecular weight excluding hydrogens is 638 g/mol. The molecule has 2 aromatic carbocycles. The van der Waals surface area contributed by atoms with Gasteiger partial charge in [0.1, 0.15) is 0 Å². The van der Waals surface area contributed by atoms with Gasteiger partial charge in [-0.15, -0.1) is 11.5 Å². The molecule has 284 valence electrons. The maximum absolute atomic E-state index is 12.4. The first-order valence-corrected chi connectivity index (χ1v) is 22.9. The van der Waals surface area contributed by atoms with E-state index in [2.05, 4.69) is 152 Å². The van der Waals surface area contributed by atoms with Crippen LogP contribution < -0.4 is 10.2 Å². The second kappa shape index (κ2) is 22.4. The molecule has 0 atom stereocenters. The van der Waals surface area contributed by atoms with Crippen molar-refractivity contribution in [3.63, 3.8) is 0 Å². The van der Waals surface area contributed by atoms with Crippen LogP contribution in [0, 0.1) is 37.5 Å². The topological polar surface area (TPSA) is 46.1 Å². The van der Waals surface area contributed by atoms with Crippen molar-refractivity contribution in [2.24, 2.45) is 23.7 Å². The Morgan fingerprint density at radius 2 is 0.560 bits per heavy atom. The number of hydrogen-bond acceptors (Lipinski definition) is 2. The summed E-state index contributed by atoms with van der Waals surface area (Å²) < 4.78 is 0. The zero-order valence-electron chi connectivity index (χ0n) is 37.4. The van der Waals surface area contributed by atoms with Crippen molar-refractivity contribution in [1.82, 2.24) is 0 Å². The standard InChI is InChI=1S/2C15H24O.4C4H9.2Al/c2*1-10-8-11(14(2,3)4)13(16)12(9-10)15(5,6)7;4*1-4(2)3;;/h2*8-9,16H,1-7H3;4*4H,1H2,2-3H3;;/q;;;;;;2*+1/p-2. The van der Waals surface area contributed by atoms with Gasteiger partial charge in [-0.3, -0.25) is 0 Å². The van der Waals surface area contributed by atoms with Crippen molar-refractivity contribution in [3.05, 3.63) is 57.6 Å². The zero-order valence-corrected chi connectivity index (χ0v) is 39.7. The van der Waals surface area contributed by atoms with E-state index < -0.39 is 0 Å². The second-order valence-corrected chi connectivity index (χ2v) is 23.5. The summed E-state index contributed by atoms with van der Waals surface area (Å²) in [5.74, 6) is 4.14. The summed E-state index contributed by atoms with van der Waals surface area (Å²) >= 11 is 1.51. The fourth-order valence-corrected chi connectivity index (χ4v) is 8.35. The molecule has 0 bridgehead atoms. The van der Waals surface area contributed by atoms with Gasteiger partial charge in [-0.25, -0.2) is 0 Å². The summed E-state index contributed by atoms with van der Waals surface area (Å²) in [5.41, 5.74) is 5.74. The third-order valence-corrected chi connectivity index (χ3v) is 13.4. The normalized spacial score (nSPS) is 12.0. The van der Waals surface area contributed by atoms with Gasteiger partial charge < -0.3 is 10.2 Å². The molecule has 0 aliphatic heterocycles. The monoisotopic (exact) mass is 721 g/mol. The van der Waals surface area contributed by atoms with E-state index in [-0.39, 0.29) is 33.2 Å². The van der Waals surface area contributed by atoms with Gasteiger partial charge in [-0.2, -0.15) is 0 Å². The van der Waals surface area contributed by atoms with E-state index in [0.717, 1.165) is 76.4 Å². The van der Waals surface area contributed by atoms with Gasteiger partial charge >= 0.3 is 131 Å². The van der Waals surface area contributed by atoms with Gasteiger partial charge in [0, 0.05) is 0 Å². The van der Waals surface area contributed by atoms with E-state index in [0.29, 0.717) is 0 Å². The summed E-state index contributed by atoms with van der Waals surface area (Å²) in [6, 6.07) is 8.10. The first-order valence-electron chi connectivity index (χ1n) is 19.6. The Balaban J connectivity index is 0. The molecule has 50 heavy (non-hydrogen) atoms.